The van der Waals surface area contributed by atoms with E-state index in [1.54, 1.807) is 0 Å². The van der Waals surface area contributed by atoms with E-state index in [2.05, 4.69) is 37.8 Å². The van der Waals surface area contributed by atoms with E-state index in [-0.39, 0.29) is 0 Å². The Balaban J connectivity index is 1.53. The highest BCUT2D eigenvalue weighted by atomic mass is 15.3. The third kappa shape index (κ3) is 2.68. The molecule has 1 aliphatic heterocycles. The second-order valence-corrected chi connectivity index (χ2v) is 6.13. The molecule has 0 spiro atoms. The minimum atomic E-state index is 0.301. The lowest BCUT2D eigenvalue weighted by molar-refractivity contribution is 0.155. The van der Waals surface area contributed by atoms with Crippen LogP contribution < -0.4 is 0 Å². The molecular formula is C16H21N7. The van der Waals surface area contributed by atoms with Gasteiger partial charge in [-0.2, -0.15) is 10.2 Å². The third-order valence-corrected chi connectivity index (χ3v) is 4.53. The molecule has 120 valence electrons. The van der Waals surface area contributed by atoms with Crippen LogP contribution in [0.2, 0.25) is 0 Å². The summed E-state index contributed by atoms with van der Waals surface area (Å²) in [5.41, 5.74) is 2.47. The minimum Gasteiger partial charge on any atom is -0.328 e. The Bertz CT molecular complexity index is 783. The molecule has 7 nitrogen and oxygen atoms in total. The summed E-state index contributed by atoms with van der Waals surface area (Å²) in [6, 6.07) is 2.25. The number of hydrogen-bond donors (Lipinski definition) is 0. The minimum absolute atomic E-state index is 0.301. The SMILES string of the molecule is C[C@@H]1c2ncc(Cn3cccn3)n2CCN1Cc1cnn(C)c1. The number of nitrogens with zero attached hydrogens (tertiary/aromatic N) is 7. The van der Waals surface area contributed by atoms with Gasteiger partial charge in [-0.05, 0) is 13.0 Å². The molecule has 1 aliphatic rings. The number of rotatable bonds is 4. The van der Waals surface area contributed by atoms with Crippen LogP contribution in [0.5, 0.6) is 0 Å². The van der Waals surface area contributed by atoms with Crippen LogP contribution >= 0.6 is 0 Å². The summed E-state index contributed by atoms with van der Waals surface area (Å²) >= 11 is 0. The van der Waals surface area contributed by atoms with E-state index in [1.807, 2.05) is 47.3 Å². The average molecular weight is 311 g/mol. The highest BCUT2D eigenvalue weighted by molar-refractivity contribution is 5.13. The van der Waals surface area contributed by atoms with Gasteiger partial charge >= 0.3 is 0 Å². The van der Waals surface area contributed by atoms with Crippen molar-refractivity contribution in [3.05, 3.63) is 54.1 Å². The molecule has 0 radical (unpaired) electrons. The van der Waals surface area contributed by atoms with Crippen molar-refractivity contribution in [2.75, 3.05) is 6.54 Å². The van der Waals surface area contributed by atoms with E-state index in [9.17, 15) is 0 Å². The molecule has 3 aromatic rings. The monoisotopic (exact) mass is 311 g/mol. The quantitative estimate of drug-likeness (QED) is 0.731. The Morgan fingerprint density at radius 2 is 2.09 bits per heavy atom. The Morgan fingerprint density at radius 3 is 2.83 bits per heavy atom. The molecule has 4 rings (SSSR count). The zero-order valence-electron chi connectivity index (χ0n) is 13.5. The molecule has 23 heavy (non-hydrogen) atoms. The Kier molecular flexibility index (Phi) is 3.49. The van der Waals surface area contributed by atoms with Gasteiger partial charge in [0, 0.05) is 50.8 Å². The van der Waals surface area contributed by atoms with E-state index in [4.69, 9.17) is 0 Å². The number of fused-ring (bicyclic) bond motifs is 1. The van der Waals surface area contributed by atoms with Crippen molar-refractivity contribution in [3.8, 4) is 0 Å². The van der Waals surface area contributed by atoms with Gasteiger partial charge in [-0.25, -0.2) is 4.98 Å². The van der Waals surface area contributed by atoms with E-state index in [1.165, 1.54) is 11.3 Å². The number of hydrogen-bond acceptors (Lipinski definition) is 4. The number of aromatic nitrogens is 6. The second kappa shape index (κ2) is 5.66. The van der Waals surface area contributed by atoms with E-state index in [0.717, 1.165) is 32.0 Å². The summed E-state index contributed by atoms with van der Waals surface area (Å²) in [4.78, 5) is 7.13. The Labute approximate surface area is 135 Å². The third-order valence-electron chi connectivity index (χ3n) is 4.53. The Morgan fingerprint density at radius 1 is 1.17 bits per heavy atom. The van der Waals surface area contributed by atoms with Crippen molar-refractivity contribution < 1.29 is 0 Å². The standard InChI is InChI=1S/C16H21N7/c1-13-16-17-9-15(12-22-5-3-4-18-22)23(16)7-6-21(13)11-14-8-19-20(2)10-14/h3-5,8-10,13H,6-7,11-12H2,1-2H3/t13-/m1/s1. The summed E-state index contributed by atoms with van der Waals surface area (Å²) < 4.78 is 6.14. The van der Waals surface area contributed by atoms with Crippen LogP contribution in [0.4, 0.5) is 0 Å². The summed E-state index contributed by atoms with van der Waals surface area (Å²) in [7, 11) is 1.96. The van der Waals surface area contributed by atoms with Crippen molar-refractivity contribution in [1.29, 1.82) is 0 Å². The summed E-state index contributed by atoms with van der Waals surface area (Å²) in [6.45, 7) is 5.90. The molecule has 4 heterocycles. The van der Waals surface area contributed by atoms with E-state index < -0.39 is 0 Å². The second-order valence-electron chi connectivity index (χ2n) is 6.13. The predicted molar refractivity (Wildman–Crippen MR) is 85.6 cm³/mol. The molecule has 0 aromatic carbocycles. The smallest absolute Gasteiger partial charge is 0.126 e. The van der Waals surface area contributed by atoms with Crippen LogP contribution in [0, 0.1) is 0 Å². The maximum absolute atomic E-state index is 4.67. The zero-order chi connectivity index (χ0) is 15.8. The molecule has 0 saturated carbocycles. The van der Waals surface area contributed by atoms with Gasteiger partial charge in [0.1, 0.15) is 5.82 Å². The van der Waals surface area contributed by atoms with Gasteiger partial charge in [-0.1, -0.05) is 0 Å². The van der Waals surface area contributed by atoms with Gasteiger partial charge in [0.15, 0.2) is 0 Å². The van der Waals surface area contributed by atoms with Gasteiger partial charge in [0.25, 0.3) is 0 Å². The lowest BCUT2D eigenvalue weighted by atomic mass is 10.2. The fraction of sp³-hybridized carbons (Fsp3) is 0.438. The van der Waals surface area contributed by atoms with Gasteiger partial charge in [0.2, 0.25) is 0 Å². The topological polar surface area (TPSA) is 56.7 Å². The zero-order valence-corrected chi connectivity index (χ0v) is 13.5. The molecule has 0 fully saturated rings. The van der Waals surface area contributed by atoms with E-state index in [0.29, 0.717) is 6.04 Å². The first-order valence-electron chi connectivity index (χ1n) is 7.94. The summed E-state index contributed by atoms with van der Waals surface area (Å²) in [6.07, 6.45) is 9.81. The molecule has 0 amide bonds. The van der Waals surface area contributed by atoms with Gasteiger partial charge in [-0.15, -0.1) is 0 Å². The van der Waals surface area contributed by atoms with Crippen LogP contribution in [0.15, 0.2) is 37.1 Å². The summed E-state index contributed by atoms with van der Waals surface area (Å²) in [5, 5.41) is 8.54. The van der Waals surface area contributed by atoms with E-state index >= 15 is 0 Å². The number of imidazole rings is 1. The molecule has 0 bridgehead atoms. The molecule has 0 unspecified atom stereocenters. The first-order valence-corrected chi connectivity index (χ1v) is 7.94. The van der Waals surface area contributed by atoms with Crippen molar-refractivity contribution >= 4 is 0 Å². The van der Waals surface area contributed by atoms with Crippen LogP contribution in [0.25, 0.3) is 0 Å². The highest BCUT2D eigenvalue weighted by Crippen LogP contribution is 2.27. The number of aryl methyl sites for hydroxylation is 1. The fourth-order valence-corrected chi connectivity index (χ4v) is 3.29. The van der Waals surface area contributed by atoms with Crippen molar-refractivity contribution in [2.24, 2.45) is 7.05 Å². The molecule has 0 saturated heterocycles. The first-order chi connectivity index (χ1) is 11.2. The lowest BCUT2D eigenvalue weighted by Crippen LogP contribution is -2.37. The van der Waals surface area contributed by atoms with Crippen LogP contribution in [-0.2, 0) is 26.7 Å². The molecule has 7 heteroatoms. The maximum Gasteiger partial charge on any atom is 0.126 e. The highest BCUT2D eigenvalue weighted by Gasteiger charge is 2.27. The van der Waals surface area contributed by atoms with Crippen molar-refractivity contribution in [2.45, 2.75) is 32.6 Å². The van der Waals surface area contributed by atoms with Crippen molar-refractivity contribution in [3.63, 3.8) is 0 Å². The summed E-state index contributed by atoms with van der Waals surface area (Å²) in [5.74, 6) is 1.14. The van der Waals surface area contributed by atoms with Gasteiger partial charge < -0.3 is 4.57 Å². The molecule has 3 aromatic heterocycles. The first kappa shape index (κ1) is 14.2. The van der Waals surface area contributed by atoms with Gasteiger partial charge in [0.05, 0.1) is 30.7 Å². The average Bonchev–Trinajstić information content (AvgIpc) is 3.25. The maximum atomic E-state index is 4.67. The van der Waals surface area contributed by atoms with Crippen LogP contribution in [0.3, 0.4) is 0 Å². The van der Waals surface area contributed by atoms with Crippen LogP contribution in [-0.4, -0.2) is 40.6 Å². The largest absolute Gasteiger partial charge is 0.328 e. The normalized spacial score (nSPS) is 18.3. The molecule has 0 N–H and O–H groups in total. The lowest BCUT2D eigenvalue weighted by Gasteiger charge is -2.34. The van der Waals surface area contributed by atoms with Crippen LogP contribution in [0.1, 0.15) is 30.0 Å². The van der Waals surface area contributed by atoms with Gasteiger partial charge in [-0.3, -0.25) is 14.3 Å². The molecule has 1 atom stereocenters. The fourth-order valence-electron chi connectivity index (χ4n) is 3.29. The Hall–Kier alpha value is -2.41. The molecule has 0 aliphatic carbocycles. The van der Waals surface area contributed by atoms with Crippen molar-refractivity contribution in [1.82, 2.24) is 34.0 Å². The predicted octanol–water partition coefficient (Wildman–Crippen LogP) is 1.44. The molecular weight excluding hydrogens is 290 g/mol.